The number of fused-ring (bicyclic) bond motifs is 1. The molecule has 3 aromatic rings. The maximum absolute atomic E-state index is 13.1. The zero-order valence-electron chi connectivity index (χ0n) is 13.9. The highest BCUT2D eigenvalue weighted by Gasteiger charge is 2.29. The summed E-state index contributed by atoms with van der Waals surface area (Å²) in [5, 5.41) is 0. The summed E-state index contributed by atoms with van der Waals surface area (Å²) in [6.07, 6.45) is 8.28. The molecule has 0 unspecified atom stereocenters. The van der Waals surface area contributed by atoms with Gasteiger partial charge in [0.2, 0.25) is 0 Å². The lowest BCUT2D eigenvalue weighted by atomic mass is 10.0. The summed E-state index contributed by atoms with van der Waals surface area (Å²) in [7, 11) is 0. The molecule has 0 aliphatic carbocycles. The van der Waals surface area contributed by atoms with Crippen molar-refractivity contribution in [3.8, 4) is 11.1 Å². The van der Waals surface area contributed by atoms with Crippen LogP contribution in [0.3, 0.4) is 0 Å². The van der Waals surface area contributed by atoms with Crippen LogP contribution in [0.4, 0.5) is 0 Å². The molecule has 0 radical (unpaired) electrons. The van der Waals surface area contributed by atoms with Gasteiger partial charge in [0, 0.05) is 48.3 Å². The molecule has 1 fully saturated rings. The Morgan fingerprint density at radius 3 is 2.60 bits per heavy atom. The minimum atomic E-state index is -0.452. The fourth-order valence-corrected chi connectivity index (χ4v) is 3.44. The molecule has 4 heterocycles. The minimum Gasteiger partial charge on any atom is -0.336 e. The Balaban J connectivity index is 1.82. The first-order valence-electron chi connectivity index (χ1n) is 8.60. The number of likely N-dealkylation sites (tertiary alicyclic amines) is 1. The largest absolute Gasteiger partial charge is 0.336 e. The molecule has 25 heavy (non-hydrogen) atoms. The van der Waals surface area contributed by atoms with Gasteiger partial charge in [-0.25, -0.2) is 0 Å². The van der Waals surface area contributed by atoms with Gasteiger partial charge in [0.1, 0.15) is 5.69 Å². The van der Waals surface area contributed by atoms with Crippen LogP contribution in [0.1, 0.15) is 29.8 Å². The van der Waals surface area contributed by atoms with Gasteiger partial charge in [0.15, 0.2) is 0 Å². The standard InChI is InChI=1S/C20H19N3O2/c24-19(20(25)22-10-3-1-4-11-22)18-17(15-7-6-9-21-14-15)13-16-8-2-5-12-23(16)18/h2,5-9,12-14H,1,3-4,10-11H2. The van der Waals surface area contributed by atoms with Gasteiger partial charge in [-0.1, -0.05) is 12.1 Å². The first kappa shape index (κ1) is 15.6. The molecule has 0 bridgehead atoms. The quantitative estimate of drug-likeness (QED) is 0.546. The van der Waals surface area contributed by atoms with Crippen molar-refractivity contribution in [3.05, 3.63) is 60.7 Å². The zero-order valence-corrected chi connectivity index (χ0v) is 13.9. The van der Waals surface area contributed by atoms with Crippen molar-refractivity contribution >= 4 is 17.2 Å². The van der Waals surface area contributed by atoms with E-state index in [-0.39, 0.29) is 0 Å². The van der Waals surface area contributed by atoms with E-state index in [9.17, 15) is 9.59 Å². The van der Waals surface area contributed by atoms with E-state index >= 15 is 0 Å². The molecule has 5 heteroatoms. The molecule has 0 atom stereocenters. The van der Waals surface area contributed by atoms with E-state index in [1.807, 2.05) is 42.6 Å². The summed E-state index contributed by atoms with van der Waals surface area (Å²) >= 11 is 0. The second-order valence-corrected chi connectivity index (χ2v) is 6.33. The maximum atomic E-state index is 13.1. The molecular weight excluding hydrogens is 314 g/mol. The van der Waals surface area contributed by atoms with Gasteiger partial charge < -0.3 is 9.30 Å². The molecule has 3 aromatic heterocycles. The fraction of sp³-hybridized carbons (Fsp3) is 0.250. The van der Waals surface area contributed by atoms with Crippen LogP contribution in [0.25, 0.3) is 16.6 Å². The third-order valence-electron chi connectivity index (χ3n) is 4.70. The highest BCUT2D eigenvalue weighted by molar-refractivity contribution is 6.43. The SMILES string of the molecule is O=C(C(=O)N1CCCCC1)c1c(-c2cccnc2)cc2ccccn12. The van der Waals surface area contributed by atoms with Gasteiger partial charge in [0.25, 0.3) is 11.7 Å². The fourth-order valence-electron chi connectivity index (χ4n) is 3.44. The zero-order chi connectivity index (χ0) is 17.2. The first-order chi connectivity index (χ1) is 12.3. The lowest BCUT2D eigenvalue weighted by molar-refractivity contribution is -0.127. The number of amides is 1. The first-order valence-corrected chi connectivity index (χ1v) is 8.60. The lowest BCUT2D eigenvalue weighted by Gasteiger charge is -2.26. The summed E-state index contributed by atoms with van der Waals surface area (Å²) in [6, 6.07) is 11.4. The van der Waals surface area contributed by atoms with Crippen LogP contribution in [0, 0.1) is 0 Å². The minimum absolute atomic E-state index is 0.409. The van der Waals surface area contributed by atoms with Crippen molar-refractivity contribution in [3.63, 3.8) is 0 Å². The van der Waals surface area contributed by atoms with E-state index in [1.54, 1.807) is 21.7 Å². The number of ketones is 1. The van der Waals surface area contributed by atoms with Crippen molar-refractivity contribution in [2.75, 3.05) is 13.1 Å². The Bertz CT molecular complexity index is 925. The van der Waals surface area contributed by atoms with Crippen LogP contribution in [0.2, 0.25) is 0 Å². The van der Waals surface area contributed by atoms with Crippen molar-refractivity contribution in [1.29, 1.82) is 0 Å². The van der Waals surface area contributed by atoms with Crippen LogP contribution in [-0.4, -0.2) is 39.1 Å². The Morgan fingerprint density at radius 1 is 1.00 bits per heavy atom. The third kappa shape index (κ3) is 2.82. The second kappa shape index (κ2) is 6.51. The van der Waals surface area contributed by atoms with Crippen molar-refractivity contribution in [2.45, 2.75) is 19.3 Å². The van der Waals surface area contributed by atoms with Crippen molar-refractivity contribution < 1.29 is 9.59 Å². The van der Waals surface area contributed by atoms with Crippen LogP contribution in [-0.2, 0) is 4.79 Å². The van der Waals surface area contributed by atoms with Crippen LogP contribution < -0.4 is 0 Å². The van der Waals surface area contributed by atoms with E-state index in [2.05, 4.69) is 4.98 Å². The lowest BCUT2D eigenvalue weighted by Crippen LogP contribution is -2.40. The molecule has 1 amide bonds. The van der Waals surface area contributed by atoms with Crippen LogP contribution >= 0.6 is 0 Å². The summed E-state index contributed by atoms with van der Waals surface area (Å²) in [5.74, 6) is -0.861. The number of hydrogen-bond donors (Lipinski definition) is 0. The molecule has 4 rings (SSSR count). The number of carbonyl (C=O) groups is 2. The normalized spacial score (nSPS) is 14.6. The Morgan fingerprint density at radius 2 is 1.84 bits per heavy atom. The van der Waals surface area contributed by atoms with E-state index in [1.165, 1.54) is 0 Å². The topological polar surface area (TPSA) is 54.7 Å². The molecular formula is C20H19N3O2. The average molecular weight is 333 g/mol. The highest BCUT2D eigenvalue weighted by Crippen LogP contribution is 2.28. The second-order valence-electron chi connectivity index (χ2n) is 6.33. The molecule has 126 valence electrons. The van der Waals surface area contributed by atoms with E-state index in [0.717, 1.165) is 35.9 Å². The molecule has 0 N–H and O–H groups in total. The monoisotopic (exact) mass is 333 g/mol. The molecule has 1 saturated heterocycles. The number of carbonyl (C=O) groups excluding carboxylic acids is 2. The Hall–Kier alpha value is -2.95. The van der Waals surface area contributed by atoms with Crippen molar-refractivity contribution in [2.24, 2.45) is 0 Å². The summed E-state index contributed by atoms with van der Waals surface area (Å²) < 4.78 is 1.80. The number of pyridine rings is 2. The van der Waals surface area contributed by atoms with Crippen LogP contribution in [0.15, 0.2) is 55.0 Å². The van der Waals surface area contributed by atoms with Gasteiger partial charge >= 0.3 is 0 Å². The Kier molecular flexibility index (Phi) is 4.06. The average Bonchev–Trinajstić information content (AvgIpc) is 3.08. The summed E-state index contributed by atoms with van der Waals surface area (Å²) in [4.78, 5) is 31.7. The van der Waals surface area contributed by atoms with Gasteiger partial charge in [-0.2, -0.15) is 0 Å². The number of nitrogens with zero attached hydrogens (tertiary/aromatic N) is 3. The van der Waals surface area contributed by atoms with Crippen molar-refractivity contribution in [1.82, 2.24) is 14.3 Å². The molecule has 0 saturated carbocycles. The van der Waals surface area contributed by atoms with Gasteiger partial charge in [-0.3, -0.25) is 14.6 Å². The number of Topliss-reactive ketones (excluding diaryl/α,β-unsaturated/α-hetero) is 1. The smallest absolute Gasteiger partial charge is 0.296 e. The number of aromatic nitrogens is 2. The molecule has 5 nitrogen and oxygen atoms in total. The predicted octanol–water partition coefficient (Wildman–Crippen LogP) is 3.20. The predicted molar refractivity (Wildman–Crippen MR) is 95.4 cm³/mol. The van der Waals surface area contributed by atoms with Gasteiger partial charge in [0.05, 0.1) is 0 Å². The highest BCUT2D eigenvalue weighted by atomic mass is 16.2. The van der Waals surface area contributed by atoms with Crippen LogP contribution in [0.5, 0.6) is 0 Å². The summed E-state index contributed by atoms with van der Waals surface area (Å²) in [6.45, 7) is 1.33. The van der Waals surface area contributed by atoms with Gasteiger partial charge in [-0.15, -0.1) is 0 Å². The number of piperidine rings is 1. The summed E-state index contributed by atoms with van der Waals surface area (Å²) in [5.41, 5.74) is 2.88. The van der Waals surface area contributed by atoms with E-state index in [0.29, 0.717) is 18.8 Å². The number of rotatable bonds is 3. The third-order valence-corrected chi connectivity index (χ3v) is 4.70. The molecule has 1 aliphatic heterocycles. The maximum Gasteiger partial charge on any atom is 0.296 e. The van der Waals surface area contributed by atoms with E-state index in [4.69, 9.17) is 0 Å². The number of hydrogen-bond acceptors (Lipinski definition) is 3. The molecule has 0 aromatic carbocycles. The Labute approximate surface area is 145 Å². The molecule has 1 aliphatic rings. The molecule has 0 spiro atoms. The van der Waals surface area contributed by atoms with E-state index < -0.39 is 11.7 Å². The van der Waals surface area contributed by atoms with Gasteiger partial charge in [-0.05, 0) is 43.5 Å².